The lowest BCUT2D eigenvalue weighted by molar-refractivity contribution is -0.157. The molecule has 2 amide bonds. The van der Waals surface area contributed by atoms with Crippen LogP contribution >= 0.6 is 0 Å². The standard InChI is InChI=1S/C14H26N2O2/c1-8(2)10-13(18)16(9(3)4)11(12(17)15-10)14(5,6)7/h8-11H,1-7H3,(H,15,17). The van der Waals surface area contributed by atoms with E-state index in [1.54, 1.807) is 4.90 Å². The molecule has 0 aromatic carbocycles. The molecule has 1 aliphatic rings. The molecule has 0 aromatic heterocycles. The summed E-state index contributed by atoms with van der Waals surface area (Å²) in [7, 11) is 0. The number of rotatable bonds is 2. The molecule has 1 saturated heterocycles. The lowest BCUT2D eigenvalue weighted by Gasteiger charge is -2.47. The van der Waals surface area contributed by atoms with Crippen molar-refractivity contribution in [1.29, 1.82) is 0 Å². The van der Waals surface area contributed by atoms with E-state index in [1.807, 2.05) is 48.5 Å². The molecule has 0 bridgehead atoms. The first kappa shape index (κ1) is 15.0. The number of nitrogens with zero attached hydrogens (tertiary/aromatic N) is 1. The Bertz CT molecular complexity index is 342. The molecular formula is C14H26N2O2. The Morgan fingerprint density at radius 2 is 1.61 bits per heavy atom. The van der Waals surface area contributed by atoms with Gasteiger partial charge in [0.1, 0.15) is 12.1 Å². The van der Waals surface area contributed by atoms with Gasteiger partial charge in [0.2, 0.25) is 11.8 Å². The summed E-state index contributed by atoms with van der Waals surface area (Å²) in [6.07, 6.45) is 0. The van der Waals surface area contributed by atoms with Crippen molar-refractivity contribution < 1.29 is 9.59 Å². The summed E-state index contributed by atoms with van der Waals surface area (Å²) in [6, 6.07) is -0.743. The number of amides is 2. The maximum atomic E-state index is 12.5. The summed E-state index contributed by atoms with van der Waals surface area (Å²) in [5.41, 5.74) is -0.258. The van der Waals surface area contributed by atoms with E-state index in [0.29, 0.717) is 0 Å². The summed E-state index contributed by atoms with van der Waals surface area (Å²) < 4.78 is 0. The van der Waals surface area contributed by atoms with Crippen LogP contribution in [0.15, 0.2) is 0 Å². The number of piperazine rings is 1. The molecule has 0 saturated carbocycles. The Kier molecular flexibility index (Phi) is 4.08. The molecule has 18 heavy (non-hydrogen) atoms. The first-order valence-electron chi connectivity index (χ1n) is 6.70. The highest BCUT2D eigenvalue weighted by Crippen LogP contribution is 2.30. The van der Waals surface area contributed by atoms with E-state index in [0.717, 1.165) is 0 Å². The second kappa shape index (κ2) is 4.90. The van der Waals surface area contributed by atoms with Crippen LogP contribution in [0.4, 0.5) is 0 Å². The zero-order valence-corrected chi connectivity index (χ0v) is 12.6. The highest BCUT2D eigenvalue weighted by Gasteiger charge is 2.47. The second-order valence-electron chi connectivity index (χ2n) is 6.84. The fourth-order valence-electron chi connectivity index (χ4n) is 2.52. The molecule has 1 aliphatic heterocycles. The minimum Gasteiger partial charge on any atom is -0.342 e. The van der Waals surface area contributed by atoms with Crippen molar-refractivity contribution in [2.45, 2.75) is 66.6 Å². The van der Waals surface area contributed by atoms with Crippen molar-refractivity contribution in [1.82, 2.24) is 10.2 Å². The molecule has 2 atom stereocenters. The third-order valence-electron chi connectivity index (χ3n) is 3.39. The van der Waals surface area contributed by atoms with Crippen LogP contribution in [0.5, 0.6) is 0 Å². The monoisotopic (exact) mass is 254 g/mol. The Hall–Kier alpha value is -1.06. The van der Waals surface area contributed by atoms with Crippen molar-refractivity contribution in [3.63, 3.8) is 0 Å². The molecule has 0 aromatic rings. The number of carbonyl (C=O) groups is 2. The Balaban J connectivity index is 3.16. The van der Waals surface area contributed by atoms with Crippen LogP contribution in [0.1, 0.15) is 48.5 Å². The largest absolute Gasteiger partial charge is 0.342 e. The average molecular weight is 254 g/mol. The van der Waals surface area contributed by atoms with Crippen LogP contribution < -0.4 is 5.32 Å². The van der Waals surface area contributed by atoms with Gasteiger partial charge in [-0.3, -0.25) is 9.59 Å². The molecule has 0 aliphatic carbocycles. The van der Waals surface area contributed by atoms with Crippen molar-refractivity contribution in [3.8, 4) is 0 Å². The van der Waals surface area contributed by atoms with Gasteiger partial charge in [-0.1, -0.05) is 34.6 Å². The number of nitrogens with one attached hydrogen (secondary N) is 1. The number of carbonyl (C=O) groups excluding carboxylic acids is 2. The van der Waals surface area contributed by atoms with E-state index in [1.165, 1.54) is 0 Å². The van der Waals surface area contributed by atoms with Crippen LogP contribution in [0.2, 0.25) is 0 Å². The van der Waals surface area contributed by atoms with Crippen molar-refractivity contribution >= 4 is 11.8 Å². The summed E-state index contributed by atoms with van der Waals surface area (Å²) in [5, 5.41) is 2.88. The maximum Gasteiger partial charge on any atom is 0.246 e. The first-order chi connectivity index (χ1) is 8.07. The molecule has 0 spiro atoms. The van der Waals surface area contributed by atoms with Gasteiger partial charge in [-0.2, -0.15) is 0 Å². The molecule has 4 nitrogen and oxygen atoms in total. The highest BCUT2D eigenvalue weighted by atomic mass is 16.2. The molecule has 1 rings (SSSR count). The van der Waals surface area contributed by atoms with Crippen LogP contribution in [0, 0.1) is 11.3 Å². The second-order valence-corrected chi connectivity index (χ2v) is 6.84. The van der Waals surface area contributed by atoms with Crippen LogP contribution in [0.3, 0.4) is 0 Å². The third-order valence-corrected chi connectivity index (χ3v) is 3.39. The SMILES string of the molecule is CC(C)C1NC(=O)C(C(C)(C)C)N(C(C)C)C1=O. The van der Waals surface area contributed by atoms with Gasteiger partial charge in [-0.25, -0.2) is 0 Å². The molecule has 1 N–H and O–H groups in total. The smallest absolute Gasteiger partial charge is 0.246 e. The van der Waals surface area contributed by atoms with E-state index in [4.69, 9.17) is 0 Å². The Morgan fingerprint density at radius 3 is 1.94 bits per heavy atom. The molecule has 1 fully saturated rings. The van der Waals surface area contributed by atoms with Gasteiger partial charge in [0.15, 0.2) is 0 Å². The van der Waals surface area contributed by atoms with E-state index in [9.17, 15) is 9.59 Å². The van der Waals surface area contributed by atoms with E-state index >= 15 is 0 Å². The minimum atomic E-state index is -0.390. The fraction of sp³-hybridized carbons (Fsp3) is 0.857. The average Bonchev–Trinajstić information content (AvgIpc) is 2.17. The van der Waals surface area contributed by atoms with Crippen LogP contribution in [-0.4, -0.2) is 34.8 Å². The summed E-state index contributed by atoms with van der Waals surface area (Å²) >= 11 is 0. The fourth-order valence-corrected chi connectivity index (χ4v) is 2.52. The summed E-state index contributed by atoms with van der Waals surface area (Å²) in [6.45, 7) is 13.8. The number of hydrogen-bond acceptors (Lipinski definition) is 2. The third kappa shape index (κ3) is 2.68. The quantitative estimate of drug-likeness (QED) is 0.817. The predicted molar refractivity (Wildman–Crippen MR) is 72.0 cm³/mol. The first-order valence-corrected chi connectivity index (χ1v) is 6.70. The van der Waals surface area contributed by atoms with Crippen molar-refractivity contribution in [2.24, 2.45) is 11.3 Å². The van der Waals surface area contributed by atoms with Gasteiger partial charge in [0.05, 0.1) is 0 Å². The van der Waals surface area contributed by atoms with E-state index in [-0.39, 0.29) is 35.2 Å². The van der Waals surface area contributed by atoms with Gasteiger partial charge in [0, 0.05) is 6.04 Å². The Labute approximate surface area is 110 Å². The molecular weight excluding hydrogens is 228 g/mol. The van der Waals surface area contributed by atoms with Gasteiger partial charge >= 0.3 is 0 Å². The molecule has 2 unspecified atom stereocenters. The molecule has 4 heteroatoms. The summed E-state index contributed by atoms with van der Waals surface area (Å²) in [4.78, 5) is 26.6. The van der Waals surface area contributed by atoms with Gasteiger partial charge in [0.25, 0.3) is 0 Å². The van der Waals surface area contributed by atoms with Gasteiger partial charge in [-0.15, -0.1) is 0 Å². The summed E-state index contributed by atoms with van der Waals surface area (Å²) in [5.74, 6) is 0.123. The normalized spacial score (nSPS) is 25.9. The Morgan fingerprint density at radius 1 is 1.11 bits per heavy atom. The van der Waals surface area contributed by atoms with Gasteiger partial charge < -0.3 is 10.2 Å². The number of hydrogen-bond donors (Lipinski definition) is 1. The topological polar surface area (TPSA) is 49.4 Å². The lowest BCUT2D eigenvalue weighted by atomic mass is 9.81. The van der Waals surface area contributed by atoms with Gasteiger partial charge in [-0.05, 0) is 25.2 Å². The van der Waals surface area contributed by atoms with E-state index in [2.05, 4.69) is 5.32 Å². The molecule has 0 radical (unpaired) electrons. The van der Waals surface area contributed by atoms with Crippen molar-refractivity contribution in [2.75, 3.05) is 0 Å². The minimum absolute atomic E-state index is 0.0329. The zero-order chi connectivity index (χ0) is 14.2. The van der Waals surface area contributed by atoms with Crippen LogP contribution in [0.25, 0.3) is 0 Å². The maximum absolute atomic E-state index is 12.5. The van der Waals surface area contributed by atoms with Crippen LogP contribution in [-0.2, 0) is 9.59 Å². The lowest BCUT2D eigenvalue weighted by Crippen LogP contribution is -2.69. The molecule has 1 heterocycles. The predicted octanol–water partition coefficient (Wildman–Crippen LogP) is 1.79. The zero-order valence-electron chi connectivity index (χ0n) is 12.6. The molecule has 104 valence electrons. The highest BCUT2D eigenvalue weighted by molar-refractivity contribution is 5.97. The van der Waals surface area contributed by atoms with E-state index < -0.39 is 6.04 Å². The van der Waals surface area contributed by atoms with Crippen molar-refractivity contribution in [3.05, 3.63) is 0 Å².